The molecule has 102 valence electrons. The predicted octanol–water partition coefficient (Wildman–Crippen LogP) is 3.94. The molecule has 1 rings (SSSR count). The fourth-order valence-corrected chi connectivity index (χ4v) is 4.84. The van der Waals surface area contributed by atoms with Gasteiger partial charge in [-0.15, -0.1) is 0 Å². The Hall–Kier alpha value is 0.0900. The number of hydrogen-bond acceptors (Lipinski definition) is 2. The molecular formula is C12H17Br2NO2S. The molecule has 0 saturated carbocycles. The Bertz CT molecular complexity index is 529. The van der Waals surface area contributed by atoms with E-state index in [1.165, 1.54) is 4.31 Å². The van der Waals surface area contributed by atoms with Crippen LogP contribution in [0.2, 0.25) is 0 Å². The van der Waals surface area contributed by atoms with Gasteiger partial charge in [-0.3, -0.25) is 0 Å². The maximum Gasteiger partial charge on any atom is 0.244 e. The first-order valence-electron chi connectivity index (χ1n) is 5.80. The Morgan fingerprint density at radius 2 is 1.78 bits per heavy atom. The second-order valence-electron chi connectivity index (χ2n) is 4.03. The highest BCUT2D eigenvalue weighted by atomic mass is 79.9. The van der Waals surface area contributed by atoms with E-state index in [1.807, 2.05) is 26.8 Å². The summed E-state index contributed by atoms with van der Waals surface area (Å²) in [5.74, 6) is 0. The normalized spacial score (nSPS) is 12.1. The molecule has 3 nitrogen and oxygen atoms in total. The molecule has 0 N–H and O–H groups in total. The van der Waals surface area contributed by atoms with Crippen LogP contribution in [-0.4, -0.2) is 25.8 Å². The lowest BCUT2D eigenvalue weighted by atomic mass is 10.2. The smallest absolute Gasteiger partial charge is 0.207 e. The maximum atomic E-state index is 12.5. The third-order valence-corrected chi connectivity index (χ3v) is 6.44. The van der Waals surface area contributed by atoms with Crippen molar-refractivity contribution in [2.75, 3.05) is 13.1 Å². The first-order chi connectivity index (χ1) is 8.34. The van der Waals surface area contributed by atoms with Crippen molar-refractivity contribution in [1.29, 1.82) is 0 Å². The molecule has 0 heterocycles. The molecular weight excluding hydrogens is 382 g/mol. The van der Waals surface area contributed by atoms with Gasteiger partial charge in [-0.2, -0.15) is 4.31 Å². The molecule has 0 radical (unpaired) electrons. The van der Waals surface area contributed by atoms with Crippen molar-refractivity contribution in [1.82, 2.24) is 4.31 Å². The van der Waals surface area contributed by atoms with E-state index in [0.717, 1.165) is 16.5 Å². The summed E-state index contributed by atoms with van der Waals surface area (Å²) in [7, 11) is -3.43. The van der Waals surface area contributed by atoms with Crippen LogP contribution in [0.4, 0.5) is 0 Å². The van der Waals surface area contributed by atoms with Gasteiger partial charge in [-0.05, 0) is 47.0 Å². The number of halogens is 2. The quantitative estimate of drug-likeness (QED) is 0.753. The molecule has 0 fully saturated rings. The van der Waals surface area contributed by atoms with Crippen LogP contribution in [0.3, 0.4) is 0 Å². The number of benzene rings is 1. The molecule has 6 heteroatoms. The van der Waals surface area contributed by atoms with Crippen LogP contribution in [0.5, 0.6) is 0 Å². The first-order valence-corrected chi connectivity index (χ1v) is 8.83. The summed E-state index contributed by atoms with van der Waals surface area (Å²) in [5.41, 5.74) is 0.999. The van der Waals surface area contributed by atoms with E-state index in [4.69, 9.17) is 0 Å². The molecule has 0 spiro atoms. The van der Waals surface area contributed by atoms with Crippen molar-refractivity contribution < 1.29 is 8.42 Å². The van der Waals surface area contributed by atoms with Crippen molar-refractivity contribution in [2.45, 2.75) is 32.1 Å². The zero-order valence-electron chi connectivity index (χ0n) is 10.7. The summed E-state index contributed by atoms with van der Waals surface area (Å²) in [6.07, 6.45) is 0.803. The second kappa shape index (κ2) is 6.50. The number of aryl methyl sites for hydroxylation is 1. The maximum absolute atomic E-state index is 12.5. The molecule has 0 aromatic heterocycles. The van der Waals surface area contributed by atoms with Crippen LogP contribution in [-0.2, 0) is 10.0 Å². The van der Waals surface area contributed by atoms with Gasteiger partial charge in [0.2, 0.25) is 10.0 Å². The van der Waals surface area contributed by atoms with Crippen molar-refractivity contribution in [2.24, 2.45) is 0 Å². The largest absolute Gasteiger partial charge is 0.244 e. The topological polar surface area (TPSA) is 37.4 Å². The number of sulfonamides is 1. The van der Waals surface area contributed by atoms with Crippen LogP contribution in [0.15, 0.2) is 26.0 Å². The zero-order chi connectivity index (χ0) is 13.9. The molecule has 0 amide bonds. The predicted molar refractivity (Wildman–Crippen MR) is 81.3 cm³/mol. The summed E-state index contributed by atoms with van der Waals surface area (Å²) in [6.45, 7) is 6.77. The lowest BCUT2D eigenvalue weighted by Crippen LogP contribution is -2.31. The molecule has 0 bridgehead atoms. The lowest BCUT2D eigenvalue weighted by molar-refractivity contribution is 0.427. The molecule has 0 saturated heterocycles. The van der Waals surface area contributed by atoms with Gasteiger partial charge in [0, 0.05) is 22.0 Å². The van der Waals surface area contributed by atoms with E-state index < -0.39 is 10.0 Å². The van der Waals surface area contributed by atoms with E-state index in [2.05, 4.69) is 31.9 Å². The average Bonchev–Trinajstić information content (AvgIpc) is 2.30. The molecule has 0 aliphatic carbocycles. The SMILES string of the molecule is CCCN(CC)S(=O)(=O)c1cc(Br)c(C)cc1Br. The third-order valence-electron chi connectivity index (χ3n) is 2.66. The monoisotopic (exact) mass is 397 g/mol. The summed E-state index contributed by atoms with van der Waals surface area (Å²) in [6, 6.07) is 3.48. The number of hydrogen-bond donors (Lipinski definition) is 0. The Kier molecular flexibility index (Phi) is 5.83. The fourth-order valence-electron chi connectivity index (χ4n) is 1.66. The summed E-state index contributed by atoms with van der Waals surface area (Å²) in [5, 5.41) is 0. The minimum atomic E-state index is -3.43. The van der Waals surface area contributed by atoms with Crippen LogP contribution in [0.25, 0.3) is 0 Å². The Morgan fingerprint density at radius 3 is 2.28 bits per heavy atom. The summed E-state index contributed by atoms with van der Waals surface area (Å²) in [4.78, 5) is 0.315. The van der Waals surface area contributed by atoms with E-state index >= 15 is 0 Å². The summed E-state index contributed by atoms with van der Waals surface area (Å²) >= 11 is 6.72. The highest BCUT2D eigenvalue weighted by Crippen LogP contribution is 2.30. The van der Waals surface area contributed by atoms with Crippen LogP contribution in [0, 0.1) is 6.92 Å². The van der Waals surface area contributed by atoms with Crippen LogP contribution >= 0.6 is 31.9 Å². The van der Waals surface area contributed by atoms with Gasteiger partial charge in [-0.1, -0.05) is 29.8 Å². The fraction of sp³-hybridized carbons (Fsp3) is 0.500. The second-order valence-corrected chi connectivity index (χ2v) is 7.64. The third kappa shape index (κ3) is 3.35. The number of rotatable bonds is 5. The van der Waals surface area contributed by atoms with Gasteiger partial charge in [0.25, 0.3) is 0 Å². The standard InChI is InChI=1S/C12H17Br2NO2S/c1-4-6-15(5-2)18(16,17)12-8-10(13)9(3)7-11(12)14/h7-8H,4-6H2,1-3H3. The molecule has 0 aliphatic rings. The Morgan fingerprint density at radius 1 is 1.17 bits per heavy atom. The van der Waals surface area contributed by atoms with Crippen molar-refractivity contribution in [3.05, 3.63) is 26.6 Å². The van der Waals surface area contributed by atoms with Gasteiger partial charge in [0.1, 0.15) is 0 Å². The minimum absolute atomic E-state index is 0.315. The van der Waals surface area contributed by atoms with E-state index in [-0.39, 0.29) is 0 Å². The molecule has 1 aromatic carbocycles. The van der Waals surface area contributed by atoms with Crippen molar-refractivity contribution >= 4 is 41.9 Å². The average molecular weight is 399 g/mol. The Balaban J connectivity index is 3.32. The molecule has 18 heavy (non-hydrogen) atoms. The highest BCUT2D eigenvalue weighted by molar-refractivity contribution is 9.11. The van der Waals surface area contributed by atoms with Crippen molar-refractivity contribution in [3.63, 3.8) is 0 Å². The molecule has 1 aromatic rings. The summed E-state index contributed by atoms with van der Waals surface area (Å²) < 4.78 is 27.9. The van der Waals surface area contributed by atoms with Gasteiger partial charge in [0.05, 0.1) is 4.90 Å². The molecule has 0 aliphatic heterocycles. The minimum Gasteiger partial charge on any atom is -0.207 e. The van der Waals surface area contributed by atoms with E-state index in [0.29, 0.717) is 22.5 Å². The first kappa shape index (κ1) is 16.1. The molecule has 0 atom stereocenters. The van der Waals surface area contributed by atoms with Gasteiger partial charge in [0.15, 0.2) is 0 Å². The highest BCUT2D eigenvalue weighted by Gasteiger charge is 2.25. The van der Waals surface area contributed by atoms with Gasteiger partial charge in [-0.25, -0.2) is 8.42 Å². The van der Waals surface area contributed by atoms with Gasteiger partial charge >= 0.3 is 0 Å². The molecule has 0 unspecified atom stereocenters. The number of nitrogens with zero attached hydrogens (tertiary/aromatic N) is 1. The van der Waals surface area contributed by atoms with Gasteiger partial charge < -0.3 is 0 Å². The zero-order valence-corrected chi connectivity index (χ0v) is 14.7. The van der Waals surface area contributed by atoms with Crippen LogP contribution < -0.4 is 0 Å². The van der Waals surface area contributed by atoms with E-state index in [1.54, 1.807) is 6.07 Å². The van der Waals surface area contributed by atoms with E-state index in [9.17, 15) is 8.42 Å². The lowest BCUT2D eigenvalue weighted by Gasteiger charge is -2.21. The van der Waals surface area contributed by atoms with Crippen molar-refractivity contribution in [3.8, 4) is 0 Å². The van der Waals surface area contributed by atoms with Crippen LogP contribution in [0.1, 0.15) is 25.8 Å². The Labute approximate surface area is 126 Å².